The van der Waals surface area contributed by atoms with E-state index in [1.165, 1.54) is 27.1 Å². The fourth-order valence-corrected chi connectivity index (χ4v) is 2.70. The minimum absolute atomic E-state index is 0.242. The van der Waals surface area contributed by atoms with Crippen LogP contribution in [0.5, 0.6) is 0 Å². The summed E-state index contributed by atoms with van der Waals surface area (Å²) in [6, 6.07) is 2.21. The van der Waals surface area contributed by atoms with Gasteiger partial charge < -0.3 is 5.73 Å². The maximum atomic E-state index is 13.1. The van der Waals surface area contributed by atoms with E-state index in [1.807, 2.05) is 0 Å². The van der Waals surface area contributed by atoms with E-state index < -0.39 is 32.9 Å². The van der Waals surface area contributed by atoms with Crippen LogP contribution in [-0.2, 0) is 10.0 Å². The molecule has 0 aromatic heterocycles. The van der Waals surface area contributed by atoms with Gasteiger partial charge in [0.25, 0.3) is 0 Å². The highest BCUT2D eigenvalue weighted by Crippen LogP contribution is 2.22. The molecule has 0 aliphatic carbocycles. The Morgan fingerprint density at radius 1 is 1.22 bits per heavy atom. The minimum Gasteiger partial charge on any atom is -0.323 e. The van der Waals surface area contributed by atoms with Crippen molar-refractivity contribution in [3.05, 3.63) is 35.4 Å². The predicted molar refractivity (Wildman–Crippen MR) is 65.4 cm³/mol. The second kappa shape index (κ2) is 5.29. The molecule has 0 spiro atoms. The summed E-state index contributed by atoms with van der Waals surface area (Å²) in [6.07, 6.45) is 0. The number of rotatable bonds is 4. The van der Waals surface area contributed by atoms with Crippen LogP contribution in [0.1, 0.15) is 18.5 Å². The van der Waals surface area contributed by atoms with Crippen molar-refractivity contribution < 1.29 is 17.2 Å². The van der Waals surface area contributed by atoms with Crippen molar-refractivity contribution >= 4 is 10.0 Å². The van der Waals surface area contributed by atoms with Gasteiger partial charge >= 0.3 is 0 Å². The molecule has 7 heteroatoms. The Morgan fingerprint density at radius 3 is 2.22 bits per heavy atom. The van der Waals surface area contributed by atoms with Gasteiger partial charge in [-0.05, 0) is 24.6 Å². The molecule has 0 saturated heterocycles. The van der Waals surface area contributed by atoms with Crippen LogP contribution in [0.25, 0.3) is 0 Å². The SMILES string of the molecule is CC(C(N)c1ccc(F)c(F)c1)S(=O)(=O)N(C)C. The van der Waals surface area contributed by atoms with Gasteiger partial charge in [0, 0.05) is 20.1 Å². The minimum atomic E-state index is -3.56. The first-order chi connectivity index (χ1) is 8.17. The quantitative estimate of drug-likeness (QED) is 0.901. The van der Waals surface area contributed by atoms with Gasteiger partial charge in [0.15, 0.2) is 11.6 Å². The number of sulfonamides is 1. The first kappa shape index (κ1) is 15.0. The standard InChI is InChI=1S/C11H16F2N2O2S/c1-7(18(16,17)15(2)3)11(14)8-4-5-9(12)10(13)6-8/h4-7,11H,14H2,1-3H3. The van der Waals surface area contributed by atoms with Gasteiger partial charge in [0.1, 0.15) is 0 Å². The number of hydrogen-bond donors (Lipinski definition) is 1. The second-order valence-corrected chi connectivity index (χ2v) is 6.74. The lowest BCUT2D eigenvalue weighted by Crippen LogP contribution is -2.38. The van der Waals surface area contributed by atoms with Crippen LogP contribution in [0.3, 0.4) is 0 Å². The van der Waals surface area contributed by atoms with Gasteiger partial charge in [0.05, 0.1) is 5.25 Å². The van der Waals surface area contributed by atoms with Gasteiger partial charge in [-0.25, -0.2) is 21.5 Å². The van der Waals surface area contributed by atoms with Crippen molar-refractivity contribution in [2.75, 3.05) is 14.1 Å². The Kier molecular flexibility index (Phi) is 4.41. The molecule has 4 nitrogen and oxygen atoms in total. The third-order valence-corrected chi connectivity index (χ3v) is 5.06. The average Bonchev–Trinajstić information content (AvgIpc) is 2.30. The molecule has 0 radical (unpaired) electrons. The molecular weight excluding hydrogens is 262 g/mol. The summed E-state index contributed by atoms with van der Waals surface area (Å²) in [5.41, 5.74) is 6.03. The van der Waals surface area contributed by atoms with Crippen LogP contribution in [-0.4, -0.2) is 32.1 Å². The van der Waals surface area contributed by atoms with Crippen molar-refractivity contribution in [1.29, 1.82) is 0 Å². The van der Waals surface area contributed by atoms with Crippen LogP contribution in [0.2, 0.25) is 0 Å². The smallest absolute Gasteiger partial charge is 0.218 e. The van der Waals surface area contributed by atoms with Crippen LogP contribution in [0.4, 0.5) is 8.78 Å². The predicted octanol–water partition coefficient (Wildman–Crippen LogP) is 1.24. The maximum Gasteiger partial charge on any atom is 0.218 e. The van der Waals surface area contributed by atoms with Crippen LogP contribution >= 0.6 is 0 Å². The number of benzene rings is 1. The van der Waals surface area contributed by atoms with E-state index in [-0.39, 0.29) is 5.56 Å². The largest absolute Gasteiger partial charge is 0.323 e. The number of hydrogen-bond acceptors (Lipinski definition) is 3. The Bertz CT molecular complexity index is 532. The van der Waals surface area contributed by atoms with E-state index in [4.69, 9.17) is 5.73 Å². The summed E-state index contributed by atoms with van der Waals surface area (Å²) < 4.78 is 50.7. The molecule has 0 fully saturated rings. The molecule has 0 aliphatic heterocycles. The van der Waals surface area contributed by atoms with Gasteiger partial charge in [-0.1, -0.05) is 6.07 Å². The molecule has 102 valence electrons. The Balaban J connectivity index is 3.07. The third-order valence-electron chi connectivity index (χ3n) is 2.81. The molecule has 0 bridgehead atoms. The lowest BCUT2D eigenvalue weighted by molar-refractivity contribution is 0.489. The van der Waals surface area contributed by atoms with Gasteiger partial charge in [-0.3, -0.25) is 0 Å². The molecule has 2 atom stereocenters. The zero-order valence-electron chi connectivity index (χ0n) is 10.4. The fraction of sp³-hybridized carbons (Fsp3) is 0.455. The molecule has 1 aromatic rings. The van der Waals surface area contributed by atoms with Crippen LogP contribution in [0.15, 0.2) is 18.2 Å². The van der Waals surface area contributed by atoms with E-state index in [9.17, 15) is 17.2 Å². The molecule has 18 heavy (non-hydrogen) atoms. The summed E-state index contributed by atoms with van der Waals surface area (Å²) in [5, 5.41) is -0.933. The molecule has 0 saturated carbocycles. The zero-order chi connectivity index (χ0) is 14.1. The fourth-order valence-electron chi connectivity index (χ4n) is 1.51. The topological polar surface area (TPSA) is 63.4 Å². The molecule has 0 heterocycles. The van der Waals surface area contributed by atoms with Crippen molar-refractivity contribution in [3.8, 4) is 0 Å². The van der Waals surface area contributed by atoms with Gasteiger partial charge in [-0.15, -0.1) is 0 Å². The Morgan fingerprint density at radius 2 is 1.78 bits per heavy atom. The van der Waals surface area contributed by atoms with E-state index in [0.717, 1.165) is 16.4 Å². The summed E-state index contributed by atoms with van der Waals surface area (Å²) in [7, 11) is -0.770. The highest BCUT2D eigenvalue weighted by molar-refractivity contribution is 7.89. The first-order valence-corrected chi connectivity index (χ1v) is 6.80. The van der Waals surface area contributed by atoms with E-state index in [1.54, 1.807) is 0 Å². The Labute approximate surface area is 105 Å². The number of halogens is 2. The Hall–Kier alpha value is -1.05. The van der Waals surface area contributed by atoms with Crippen molar-refractivity contribution in [2.45, 2.75) is 18.2 Å². The van der Waals surface area contributed by atoms with E-state index in [0.29, 0.717) is 0 Å². The van der Waals surface area contributed by atoms with Crippen molar-refractivity contribution in [1.82, 2.24) is 4.31 Å². The third kappa shape index (κ3) is 2.85. The molecule has 2 unspecified atom stereocenters. The van der Waals surface area contributed by atoms with Gasteiger partial charge in [0.2, 0.25) is 10.0 Å². The molecule has 1 aromatic carbocycles. The molecule has 0 amide bonds. The molecule has 0 aliphatic rings. The molecule has 1 rings (SSSR count). The van der Waals surface area contributed by atoms with Crippen LogP contribution < -0.4 is 5.73 Å². The van der Waals surface area contributed by atoms with Crippen molar-refractivity contribution in [2.24, 2.45) is 5.73 Å². The number of nitrogens with two attached hydrogens (primary N) is 1. The zero-order valence-corrected chi connectivity index (χ0v) is 11.2. The first-order valence-electron chi connectivity index (χ1n) is 5.29. The maximum absolute atomic E-state index is 13.1. The number of nitrogens with zero attached hydrogens (tertiary/aromatic N) is 1. The summed E-state index contributed by atoms with van der Waals surface area (Å²) in [6.45, 7) is 1.43. The van der Waals surface area contributed by atoms with Crippen LogP contribution in [0, 0.1) is 11.6 Å². The molecular formula is C11H16F2N2O2S. The summed E-state index contributed by atoms with van der Waals surface area (Å²) >= 11 is 0. The second-order valence-electron chi connectivity index (χ2n) is 4.23. The molecule has 2 N–H and O–H groups in total. The average molecular weight is 278 g/mol. The highest BCUT2D eigenvalue weighted by atomic mass is 32.2. The van der Waals surface area contributed by atoms with Crippen molar-refractivity contribution in [3.63, 3.8) is 0 Å². The summed E-state index contributed by atoms with van der Waals surface area (Å²) in [4.78, 5) is 0. The summed E-state index contributed by atoms with van der Waals surface area (Å²) in [5.74, 6) is -2.04. The van der Waals surface area contributed by atoms with Gasteiger partial charge in [-0.2, -0.15) is 0 Å². The monoisotopic (exact) mass is 278 g/mol. The lowest BCUT2D eigenvalue weighted by atomic mass is 10.1. The van der Waals surface area contributed by atoms with E-state index >= 15 is 0 Å². The normalized spacial score (nSPS) is 15.7. The highest BCUT2D eigenvalue weighted by Gasteiger charge is 2.30. The lowest BCUT2D eigenvalue weighted by Gasteiger charge is -2.23. The van der Waals surface area contributed by atoms with E-state index in [2.05, 4.69) is 0 Å².